The van der Waals surface area contributed by atoms with Crippen molar-refractivity contribution in [3.05, 3.63) is 41.7 Å². The highest BCUT2D eigenvalue weighted by Crippen LogP contribution is 2.11. The van der Waals surface area contributed by atoms with E-state index in [0.717, 1.165) is 0 Å². The van der Waals surface area contributed by atoms with Crippen LogP contribution in [0.15, 0.2) is 24.3 Å². The predicted octanol–water partition coefficient (Wildman–Crippen LogP) is 2.03. The molecule has 1 heterocycles. The van der Waals surface area contributed by atoms with Gasteiger partial charge in [0.15, 0.2) is 0 Å². The molecule has 0 aliphatic rings. The molecule has 130 valence electrons. The molecule has 0 saturated heterocycles. The van der Waals surface area contributed by atoms with E-state index >= 15 is 0 Å². The molecule has 0 saturated carbocycles. The zero-order chi connectivity index (χ0) is 17.9. The van der Waals surface area contributed by atoms with Crippen LogP contribution in [0.3, 0.4) is 0 Å². The van der Waals surface area contributed by atoms with Crippen LogP contribution < -0.4 is 5.32 Å². The number of hydrogen-bond acceptors (Lipinski definition) is 4. The SMILES string of the molecule is Cc1nc(C(=O)NC[C@@H](C(C)C)N(C)C)nn1-c1ccc(F)cc1. The van der Waals surface area contributed by atoms with Crippen LogP contribution in [0.1, 0.15) is 30.3 Å². The minimum atomic E-state index is -0.321. The number of amides is 1. The number of rotatable bonds is 6. The second kappa shape index (κ2) is 7.53. The number of aryl methyl sites for hydroxylation is 1. The quantitative estimate of drug-likeness (QED) is 0.879. The van der Waals surface area contributed by atoms with Crippen LogP contribution in [0, 0.1) is 18.7 Å². The van der Waals surface area contributed by atoms with Crippen molar-refractivity contribution in [2.45, 2.75) is 26.8 Å². The minimum Gasteiger partial charge on any atom is -0.348 e. The fourth-order valence-electron chi connectivity index (χ4n) is 2.60. The second-order valence-corrected chi connectivity index (χ2v) is 6.36. The van der Waals surface area contributed by atoms with Crippen LogP contribution in [-0.2, 0) is 0 Å². The van der Waals surface area contributed by atoms with Gasteiger partial charge in [-0.2, -0.15) is 0 Å². The molecule has 0 radical (unpaired) electrons. The standard InChI is InChI=1S/C17H24FN5O/c1-11(2)15(22(4)5)10-19-17(24)16-20-12(3)23(21-16)14-8-6-13(18)7-9-14/h6-9,11,15H,10H2,1-5H3,(H,19,24)/t15-/m0/s1. The van der Waals surface area contributed by atoms with E-state index in [1.807, 2.05) is 14.1 Å². The van der Waals surface area contributed by atoms with Gasteiger partial charge in [0.05, 0.1) is 5.69 Å². The first-order valence-electron chi connectivity index (χ1n) is 7.93. The Morgan fingerprint density at radius 3 is 2.46 bits per heavy atom. The van der Waals surface area contributed by atoms with Crippen molar-refractivity contribution < 1.29 is 9.18 Å². The summed E-state index contributed by atoms with van der Waals surface area (Å²) < 4.78 is 14.6. The molecular weight excluding hydrogens is 309 g/mol. The molecule has 1 aromatic heterocycles. The molecule has 2 aromatic rings. The number of aromatic nitrogens is 3. The van der Waals surface area contributed by atoms with Crippen LogP contribution >= 0.6 is 0 Å². The van der Waals surface area contributed by atoms with Gasteiger partial charge >= 0.3 is 0 Å². The maximum atomic E-state index is 13.0. The lowest BCUT2D eigenvalue weighted by Gasteiger charge is -2.27. The minimum absolute atomic E-state index is 0.109. The second-order valence-electron chi connectivity index (χ2n) is 6.36. The van der Waals surface area contributed by atoms with Crippen molar-refractivity contribution in [1.82, 2.24) is 25.0 Å². The molecule has 0 spiro atoms. The van der Waals surface area contributed by atoms with Gasteiger partial charge < -0.3 is 10.2 Å². The first kappa shape index (κ1) is 18.1. The third-order valence-electron chi connectivity index (χ3n) is 3.95. The number of carbonyl (C=O) groups excluding carboxylic acids is 1. The first-order chi connectivity index (χ1) is 11.3. The van der Waals surface area contributed by atoms with Gasteiger partial charge in [-0.05, 0) is 51.2 Å². The summed E-state index contributed by atoms with van der Waals surface area (Å²) >= 11 is 0. The van der Waals surface area contributed by atoms with Crippen molar-refractivity contribution in [2.24, 2.45) is 5.92 Å². The Bertz CT molecular complexity index is 686. The van der Waals surface area contributed by atoms with Crippen molar-refractivity contribution >= 4 is 5.91 Å². The van der Waals surface area contributed by atoms with Gasteiger partial charge in [0, 0.05) is 12.6 Å². The number of carbonyl (C=O) groups is 1. The number of nitrogens with zero attached hydrogens (tertiary/aromatic N) is 4. The average molecular weight is 333 g/mol. The molecule has 0 unspecified atom stereocenters. The highest BCUT2D eigenvalue weighted by Gasteiger charge is 2.20. The maximum absolute atomic E-state index is 13.0. The Labute approximate surface area is 141 Å². The Hall–Kier alpha value is -2.28. The lowest BCUT2D eigenvalue weighted by Crippen LogP contribution is -2.43. The van der Waals surface area contributed by atoms with E-state index in [-0.39, 0.29) is 23.6 Å². The fraction of sp³-hybridized carbons (Fsp3) is 0.471. The average Bonchev–Trinajstić information content (AvgIpc) is 2.89. The zero-order valence-electron chi connectivity index (χ0n) is 14.7. The normalized spacial score (nSPS) is 12.7. The molecule has 2 rings (SSSR count). The summed E-state index contributed by atoms with van der Waals surface area (Å²) in [4.78, 5) is 18.6. The molecule has 0 aliphatic heterocycles. The number of nitrogens with one attached hydrogen (secondary N) is 1. The first-order valence-corrected chi connectivity index (χ1v) is 7.93. The summed E-state index contributed by atoms with van der Waals surface area (Å²) in [5.74, 6) is 0.453. The topological polar surface area (TPSA) is 63.1 Å². The van der Waals surface area contributed by atoms with Gasteiger partial charge in [-0.25, -0.2) is 14.1 Å². The van der Waals surface area contributed by atoms with Crippen LogP contribution in [-0.4, -0.2) is 52.3 Å². The third-order valence-corrected chi connectivity index (χ3v) is 3.95. The smallest absolute Gasteiger partial charge is 0.291 e. The molecule has 1 aromatic carbocycles. The lowest BCUT2D eigenvalue weighted by molar-refractivity contribution is 0.0924. The highest BCUT2D eigenvalue weighted by atomic mass is 19.1. The molecule has 7 heteroatoms. The lowest BCUT2D eigenvalue weighted by atomic mass is 10.0. The Morgan fingerprint density at radius 2 is 1.92 bits per heavy atom. The summed E-state index contributed by atoms with van der Waals surface area (Å²) in [6, 6.07) is 6.12. The van der Waals surface area contributed by atoms with E-state index in [2.05, 4.69) is 34.1 Å². The molecule has 1 atom stereocenters. The Morgan fingerprint density at radius 1 is 1.29 bits per heavy atom. The number of halogens is 1. The maximum Gasteiger partial charge on any atom is 0.291 e. The monoisotopic (exact) mass is 333 g/mol. The van der Waals surface area contributed by atoms with Gasteiger partial charge in [0.1, 0.15) is 11.6 Å². The largest absolute Gasteiger partial charge is 0.348 e. The molecular formula is C17H24FN5O. The molecule has 1 N–H and O–H groups in total. The predicted molar refractivity (Wildman–Crippen MR) is 90.7 cm³/mol. The molecule has 0 bridgehead atoms. The van der Waals surface area contributed by atoms with E-state index in [4.69, 9.17) is 0 Å². The van der Waals surface area contributed by atoms with Crippen LogP contribution in [0.5, 0.6) is 0 Å². The van der Waals surface area contributed by atoms with Gasteiger partial charge in [0.2, 0.25) is 5.82 Å². The molecule has 24 heavy (non-hydrogen) atoms. The van der Waals surface area contributed by atoms with Crippen molar-refractivity contribution in [2.75, 3.05) is 20.6 Å². The summed E-state index contributed by atoms with van der Waals surface area (Å²) in [6.45, 7) is 6.50. The Kier molecular flexibility index (Phi) is 5.66. The van der Waals surface area contributed by atoms with Crippen molar-refractivity contribution in [3.8, 4) is 5.69 Å². The van der Waals surface area contributed by atoms with Crippen LogP contribution in [0.25, 0.3) is 5.69 Å². The van der Waals surface area contributed by atoms with E-state index in [1.54, 1.807) is 19.1 Å². The number of benzene rings is 1. The number of hydrogen-bond donors (Lipinski definition) is 1. The van der Waals surface area contributed by atoms with E-state index in [1.165, 1.54) is 16.8 Å². The van der Waals surface area contributed by atoms with Crippen LogP contribution in [0.4, 0.5) is 4.39 Å². The summed E-state index contributed by atoms with van der Waals surface area (Å²) in [5, 5.41) is 7.12. The van der Waals surface area contributed by atoms with Crippen LogP contribution in [0.2, 0.25) is 0 Å². The van der Waals surface area contributed by atoms with Gasteiger partial charge in [-0.1, -0.05) is 13.8 Å². The van der Waals surface area contributed by atoms with Gasteiger partial charge in [0.25, 0.3) is 5.91 Å². The van der Waals surface area contributed by atoms with E-state index < -0.39 is 0 Å². The van der Waals surface area contributed by atoms with E-state index in [0.29, 0.717) is 24.0 Å². The highest BCUT2D eigenvalue weighted by molar-refractivity contribution is 5.90. The molecule has 0 fully saturated rings. The molecule has 0 aliphatic carbocycles. The van der Waals surface area contributed by atoms with Crippen molar-refractivity contribution in [1.29, 1.82) is 0 Å². The van der Waals surface area contributed by atoms with E-state index in [9.17, 15) is 9.18 Å². The van der Waals surface area contributed by atoms with Gasteiger partial charge in [-0.15, -0.1) is 5.10 Å². The van der Waals surface area contributed by atoms with Gasteiger partial charge in [-0.3, -0.25) is 4.79 Å². The third kappa shape index (κ3) is 4.17. The summed E-state index contributed by atoms with van der Waals surface area (Å²) in [7, 11) is 3.98. The fourth-order valence-corrected chi connectivity index (χ4v) is 2.60. The summed E-state index contributed by atoms with van der Waals surface area (Å²) in [6.07, 6.45) is 0. The molecule has 6 nitrogen and oxygen atoms in total. The number of likely N-dealkylation sites (N-methyl/N-ethyl adjacent to an activating group) is 1. The van der Waals surface area contributed by atoms with Crippen molar-refractivity contribution in [3.63, 3.8) is 0 Å². The zero-order valence-corrected chi connectivity index (χ0v) is 14.7. The Balaban J connectivity index is 2.11. The molecule has 1 amide bonds. The summed E-state index contributed by atoms with van der Waals surface area (Å²) in [5.41, 5.74) is 0.661.